The van der Waals surface area contributed by atoms with Crippen LogP contribution in [0.25, 0.3) is 43.1 Å². The third-order valence-corrected chi connectivity index (χ3v) is 14.5. The van der Waals surface area contributed by atoms with Crippen LogP contribution in [0.15, 0.2) is 59.3 Å². The van der Waals surface area contributed by atoms with Gasteiger partial charge in [-0.3, -0.25) is 28.8 Å². The molecule has 0 aliphatic carbocycles. The Hall–Kier alpha value is -6.12. The van der Waals surface area contributed by atoms with Crippen LogP contribution in [-0.4, -0.2) is 58.7 Å². The molecule has 4 heterocycles. The average molecular weight is 897 g/mol. The number of unbranched alkanes of at least 4 members (excludes halogenated alkanes) is 2. The van der Waals surface area contributed by atoms with Crippen molar-refractivity contribution in [2.45, 2.75) is 91.9 Å². The van der Waals surface area contributed by atoms with Gasteiger partial charge in [-0.2, -0.15) is 0 Å². The Morgan fingerprint density at radius 1 is 0.531 bits per heavy atom. The van der Waals surface area contributed by atoms with E-state index < -0.39 is 35.6 Å². The van der Waals surface area contributed by atoms with E-state index in [2.05, 4.69) is 37.7 Å². The Kier molecular flexibility index (Phi) is 12.0. The van der Waals surface area contributed by atoms with Gasteiger partial charge in [-0.25, -0.2) is 19.8 Å². The summed E-state index contributed by atoms with van der Waals surface area (Å²) in [5, 5.41) is 9.29. The Labute approximate surface area is 377 Å². The highest BCUT2D eigenvalue weighted by Gasteiger charge is 2.39. The minimum atomic E-state index is -0.520. The van der Waals surface area contributed by atoms with Crippen LogP contribution in [0, 0.1) is 11.8 Å². The molecule has 0 fully saturated rings. The van der Waals surface area contributed by atoms with E-state index in [0.29, 0.717) is 69.5 Å². The molecular weight excluding hydrogens is 849 g/mol. The summed E-state index contributed by atoms with van der Waals surface area (Å²) >= 11 is 2.24. The Balaban J connectivity index is 0.993. The van der Waals surface area contributed by atoms with E-state index in [0.717, 1.165) is 116 Å². The summed E-state index contributed by atoms with van der Waals surface area (Å²) in [4.78, 5) is 93.9. The molecule has 2 unspecified atom stereocenters. The zero-order valence-electron chi connectivity index (χ0n) is 36.3. The van der Waals surface area contributed by atoms with Crippen LogP contribution in [0.3, 0.4) is 0 Å². The molecule has 0 saturated heterocycles. The molecule has 0 radical (unpaired) electrons. The third kappa shape index (κ3) is 7.49. The Bertz CT molecular complexity index is 2700. The monoisotopic (exact) mass is 896 g/mol. The summed E-state index contributed by atoms with van der Waals surface area (Å²) in [5.41, 5.74) is 2.21. The summed E-state index contributed by atoms with van der Waals surface area (Å²) in [5.74, 6) is -2.27. The van der Waals surface area contributed by atoms with Crippen LogP contribution in [0.5, 0.6) is 0 Å². The lowest BCUT2D eigenvalue weighted by Gasteiger charge is -2.28. The van der Waals surface area contributed by atoms with Crippen molar-refractivity contribution in [1.82, 2.24) is 9.97 Å². The minimum absolute atomic E-state index is 0.0673. The first kappa shape index (κ1) is 43.1. The largest absolute Gasteiger partial charge is 0.465 e. The van der Waals surface area contributed by atoms with Gasteiger partial charge >= 0.3 is 11.9 Å². The number of hydrogen-bond acceptors (Lipinski definition) is 12. The van der Waals surface area contributed by atoms with Gasteiger partial charge in [-0.1, -0.05) is 90.5 Å². The highest BCUT2D eigenvalue weighted by atomic mass is 32.1. The third-order valence-electron chi connectivity index (χ3n) is 12.8. The maximum Gasteiger partial charge on any atom is 0.311 e. The van der Waals surface area contributed by atoms with Crippen molar-refractivity contribution in [1.29, 1.82) is 0 Å². The molecular formula is C50H48N4O8S2. The van der Waals surface area contributed by atoms with E-state index in [9.17, 15) is 28.8 Å². The number of esters is 2. The molecule has 64 heavy (non-hydrogen) atoms. The molecule has 2 atom stereocenters. The van der Waals surface area contributed by atoms with Gasteiger partial charge in [0.2, 0.25) is 0 Å². The van der Waals surface area contributed by atoms with Crippen LogP contribution in [0.1, 0.15) is 132 Å². The van der Waals surface area contributed by atoms with Gasteiger partial charge in [0.15, 0.2) is 10.3 Å². The molecule has 2 aliphatic heterocycles. The summed E-state index contributed by atoms with van der Waals surface area (Å²) in [6.45, 7) is 9.15. The maximum absolute atomic E-state index is 14.3. The number of fused-ring (bicyclic) bond motifs is 2. The number of benzene rings is 5. The van der Waals surface area contributed by atoms with Crippen molar-refractivity contribution >= 4 is 112 Å². The standard InChI is InChI=1S/C50H48N4O8S2/c1-5-9-11-27(7-3)23-61-39(55)21-29-25-63-49(51-29)53-45(57)35-17-13-31-33-15-19-37-44-38(20-16-34(42(33)44)32-14-18-36(46(53)58)43(35)41(31)32)48(60)54(47(37)59)50-52-30(26-64-50)22-40(56)62-24-28(8-4)12-10-6-2/h13-20,25-28H,5-12,21-24H2,1-4H3. The summed E-state index contributed by atoms with van der Waals surface area (Å²) in [7, 11) is 0. The van der Waals surface area contributed by atoms with Crippen molar-refractivity contribution in [3.63, 3.8) is 0 Å². The molecule has 5 aromatic carbocycles. The number of imide groups is 2. The van der Waals surface area contributed by atoms with Gasteiger partial charge in [0.1, 0.15) is 0 Å². The molecule has 0 bridgehead atoms. The van der Waals surface area contributed by atoms with Crippen LogP contribution < -0.4 is 9.80 Å². The number of ether oxygens (including phenoxy) is 2. The number of aromatic nitrogens is 2. The lowest BCUT2D eigenvalue weighted by molar-refractivity contribution is -0.145. The van der Waals surface area contributed by atoms with Gasteiger partial charge in [0.05, 0.1) is 37.4 Å². The number of carbonyl (C=O) groups excluding carboxylic acids is 6. The Morgan fingerprint density at radius 2 is 0.875 bits per heavy atom. The van der Waals surface area contributed by atoms with Crippen LogP contribution in [0.4, 0.5) is 10.3 Å². The molecule has 4 amide bonds. The van der Waals surface area contributed by atoms with Gasteiger partial charge in [-0.05, 0) is 81.3 Å². The fraction of sp³-hybridized carbons (Fsp3) is 0.360. The molecule has 7 aromatic rings. The van der Waals surface area contributed by atoms with E-state index in [1.807, 2.05) is 24.3 Å². The topological polar surface area (TPSA) is 153 Å². The van der Waals surface area contributed by atoms with Crippen LogP contribution in [-0.2, 0) is 31.9 Å². The summed E-state index contributed by atoms with van der Waals surface area (Å²) in [6, 6.07) is 14.3. The number of amides is 4. The zero-order valence-corrected chi connectivity index (χ0v) is 37.9. The van der Waals surface area contributed by atoms with Crippen molar-refractivity contribution in [3.05, 3.63) is 92.9 Å². The fourth-order valence-electron chi connectivity index (χ4n) is 9.19. The highest BCUT2D eigenvalue weighted by Crippen LogP contribution is 2.47. The van der Waals surface area contributed by atoms with E-state index >= 15 is 0 Å². The van der Waals surface area contributed by atoms with Gasteiger partial charge < -0.3 is 9.47 Å². The molecule has 328 valence electrons. The predicted molar refractivity (Wildman–Crippen MR) is 250 cm³/mol. The molecule has 12 nitrogen and oxygen atoms in total. The van der Waals surface area contributed by atoms with Gasteiger partial charge in [0, 0.05) is 43.8 Å². The Morgan fingerprint density at radius 3 is 1.19 bits per heavy atom. The van der Waals surface area contributed by atoms with E-state index in [1.54, 1.807) is 35.0 Å². The van der Waals surface area contributed by atoms with Crippen LogP contribution in [0.2, 0.25) is 0 Å². The van der Waals surface area contributed by atoms with Crippen molar-refractivity contribution in [3.8, 4) is 0 Å². The second-order valence-corrected chi connectivity index (χ2v) is 18.5. The number of hydrogen-bond donors (Lipinski definition) is 0. The molecule has 0 N–H and O–H groups in total. The van der Waals surface area contributed by atoms with Crippen molar-refractivity contribution < 1.29 is 38.2 Å². The second-order valence-electron chi connectivity index (χ2n) is 16.8. The van der Waals surface area contributed by atoms with Gasteiger partial charge in [-0.15, -0.1) is 22.7 Å². The zero-order chi connectivity index (χ0) is 44.8. The number of thiazole rings is 2. The average Bonchev–Trinajstić information content (AvgIpc) is 3.96. The van der Waals surface area contributed by atoms with Crippen LogP contribution >= 0.6 is 22.7 Å². The summed E-state index contributed by atoms with van der Waals surface area (Å²) < 4.78 is 11.2. The number of nitrogens with zero attached hydrogens (tertiary/aromatic N) is 4. The quantitative estimate of drug-likeness (QED) is 0.0352. The van der Waals surface area contributed by atoms with Crippen molar-refractivity contribution in [2.75, 3.05) is 23.0 Å². The number of anilines is 2. The fourth-order valence-corrected chi connectivity index (χ4v) is 10.8. The normalized spacial score (nSPS) is 14.8. The van der Waals surface area contributed by atoms with E-state index in [1.165, 1.54) is 0 Å². The van der Waals surface area contributed by atoms with Crippen molar-refractivity contribution in [2.24, 2.45) is 11.8 Å². The molecule has 0 spiro atoms. The molecule has 14 heteroatoms. The maximum atomic E-state index is 14.3. The smallest absolute Gasteiger partial charge is 0.311 e. The highest BCUT2D eigenvalue weighted by molar-refractivity contribution is 7.14. The van der Waals surface area contributed by atoms with Gasteiger partial charge in [0.25, 0.3) is 23.6 Å². The number of rotatable bonds is 18. The lowest BCUT2D eigenvalue weighted by Crippen LogP contribution is -2.40. The second kappa shape index (κ2) is 17.8. The lowest BCUT2D eigenvalue weighted by atomic mass is 9.82. The summed E-state index contributed by atoms with van der Waals surface area (Å²) in [6.07, 6.45) is 8.04. The van der Waals surface area contributed by atoms with E-state index in [-0.39, 0.29) is 23.1 Å². The first-order chi connectivity index (χ1) is 31.1. The minimum Gasteiger partial charge on any atom is -0.465 e. The first-order valence-corrected chi connectivity index (χ1v) is 24.0. The SMILES string of the molecule is CCCCC(CC)COC(=O)Cc1csc(N2C(=O)c3ccc4c5ccc6c7c(ccc(c8ccc(c3c48)C2=O)c75)C(=O)N(c2nc(CC(=O)OCC(CC)CCCC)cs2)C6=O)n1. The number of carbonyl (C=O) groups is 6. The molecule has 9 rings (SSSR count). The molecule has 2 aliphatic rings. The predicted octanol–water partition coefficient (Wildman–Crippen LogP) is 10.9. The molecule has 2 aromatic heterocycles. The first-order valence-electron chi connectivity index (χ1n) is 22.2. The van der Waals surface area contributed by atoms with E-state index in [4.69, 9.17) is 9.47 Å². The molecule has 0 saturated carbocycles.